The lowest BCUT2D eigenvalue weighted by Gasteiger charge is -2.35. The number of piperazine rings is 1. The number of aromatic hydroxyl groups is 1. The number of benzene rings is 1. The summed E-state index contributed by atoms with van der Waals surface area (Å²) in [5.74, 6) is 0.127. The van der Waals surface area contributed by atoms with Gasteiger partial charge in [0.1, 0.15) is 5.75 Å². The molecule has 1 heterocycles. The molecule has 1 atom stereocenters. The number of phenols is 1. The summed E-state index contributed by atoms with van der Waals surface area (Å²) in [6.45, 7) is 3.15. The third-order valence-corrected chi connectivity index (χ3v) is 3.25. The highest BCUT2D eigenvalue weighted by molar-refractivity contribution is 5.29. The van der Waals surface area contributed by atoms with Crippen LogP contribution in [-0.2, 0) is 0 Å². The molecule has 0 radical (unpaired) electrons. The molecular formula is C13H18F2N2O. The van der Waals surface area contributed by atoms with Gasteiger partial charge in [-0.05, 0) is 17.7 Å². The van der Waals surface area contributed by atoms with Gasteiger partial charge in [-0.1, -0.05) is 12.1 Å². The van der Waals surface area contributed by atoms with Crippen molar-refractivity contribution in [3.05, 3.63) is 29.8 Å². The fourth-order valence-corrected chi connectivity index (χ4v) is 2.39. The summed E-state index contributed by atoms with van der Waals surface area (Å²) in [5.41, 5.74) is 0.761. The standard InChI is InChI=1S/C13H18F2N2O/c14-13(15)9-12(17-6-4-16-5-7-17)10-2-1-3-11(18)8-10/h1-3,8,12-13,16,18H,4-7,9H2/t12-/m0/s1. The van der Waals surface area contributed by atoms with Crippen LogP contribution in [0.3, 0.4) is 0 Å². The molecule has 1 aliphatic heterocycles. The summed E-state index contributed by atoms with van der Waals surface area (Å²) in [6.07, 6.45) is -2.53. The third-order valence-electron chi connectivity index (χ3n) is 3.25. The molecule has 2 N–H and O–H groups in total. The number of hydrogen-bond acceptors (Lipinski definition) is 3. The fraction of sp³-hybridized carbons (Fsp3) is 0.538. The van der Waals surface area contributed by atoms with Gasteiger partial charge in [0, 0.05) is 38.6 Å². The summed E-state index contributed by atoms with van der Waals surface area (Å²) in [5, 5.41) is 12.7. The lowest BCUT2D eigenvalue weighted by atomic mass is 10.0. The highest BCUT2D eigenvalue weighted by Gasteiger charge is 2.25. The first-order valence-corrected chi connectivity index (χ1v) is 6.18. The molecule has 100 valence electrons. The number of nitrogens with one attached hydrogen (secondary N) is 1. The van der Waals surface area contributed by atoms with Crippen molar-refractivity contribution < 1.29 is 13.9 Å². The smallest absolute Gasteiger partial charge is 0.240 e. The highest BCUT2D eigenvalue weighted by Crippen LogP contribution is 2.29. The van der Waals surface area contributed by atoms with Crippen molar-refractivity contribution in [2.75, 3.05) is 26.2 Å². The van der Waals surface area contributed by atoms with Crippen molar-refractivity contribution >= 4 is 0 Å². The molecule has 1 aromatic rings. The summed E-state index contributed by atoms with van der Waals surface area (Å²) in [6, 6.07) is 6.31. The van der Waals surface area contributed by atoms with E-state index in [1.54, 1.807) is 24.3 Å². The summed E-state index contributed by atoms with van der Waals surface area (Å²) < 4.78 is 25.4. The predicted octanol–water partition coefficient (Wildman–Crippen LogP) is 1.99. The highest BCUT2D eigenvalue weighted by atomic mass is 19.3. The largest absolute Gasteiger partial charge is 0.508 e. The van der Waals surface area contributed by atoms with Gasteiger partial charge >= 0.3 is 0 Å². The first-order valence-electron chi connectivity index (χ1n) is 6.18. The lowest BCUT2D eigenvalue weighted by Crippen LogP contribution is -2.45. The van der Waals surface area contributed by atoms with Gasteiger partial charge < -0.3 is 10.4 Å². The SMILES string of the molecule is Oc1cccc([C@H](CC(F)F)N2CCNCC2)c1. The van der Waals surface area contributed by atoms with E-state index in [9.17, 15) is 13.9 Å². The van der Waals surface area contributed by atoms with Crippen LogP contribution in [0.1, 0.15) is 18.0 Å². The average Bonchev–Trinajstić information content (AvgIpc) is 2.37. The normalized spacial score (nSPS) is 19.1. The van der Waals surface area contributed by atoms with Crippen molar-refractivity contribution in [1.82, 2.24) is 10.2 Å². The number of alkyl halides is 2. The van der Waals surface area contributed by atoms with Crippen LogP contribution in [0.15, 0.2) is 24.3 Å². The molecular weight excluding hydrogens is 238 g/mol. The third kappa shape index (κ3) is 3.40. The summed E-state index contributed by atoms with van der Waals surface area (Å²) in [7, 11) is 0. The van der Waals surface area contributed by atoms with E-state index in [1.807, 2.05) is 0 Å². The summed E-state index contributed by atoms with van der Waals surface area (Å²) in [4.78, 5) is 2.05. The molecule has 0 saturated carbocycles. The molecule has 5 heteroatoms. The van der Waals surface area contributed by atoms with Crippen molar-refractivity contribution in [2.24, 2.45) is 0 Å². The monoisotopic (exact) mass is 256 g/mol. The van der Waals surface area contributed by atoms with Gasteiger partial charge in [-0.2, -0.15) is 0 Å². The minimum absolute atomic E-state index is 0.127. The van der Waals surface area contributed by atoms with E-state index in [-0.39, 0.29) is 18.2 Å². The second kappa shape index (κ2) is 6.11. The fourth-order valence-electron chi connectivity index (χ4n) is 2.39. The van der Waals surface area contributed by atoms with Gasteiger partial charge in [-0.25, -0.2) is 8.78 Å². The quantitative estimate of drug-likeness (QED) is 0.865. The topological polar surface area (TPSA) is 35.5 Å². The zero-order valence-electron chi connectivity index (χ0n) is 10.1. The number of halogens is 2. The number of phenolic OH excluding ortho intramolecular Hbond substituents is 1. The van der Waals surface area contributed by atoms with E-state index in [4.69, 9.17) is 0 Å². The molecule has 2 rings (SSSR count). The molecule has 0 aliphatic carbocycles. The molecule has 18 heavy (non-hydrogen) atoms. The van der Waals surface area contributed by atoms with Crippen LogP contribution < -0.4 is 5.32 Å². The van der Waals surface area contributed by atoms with Gasteiger partial charge in [-0.15, -0.1) is 0 Å². The zero-order valence-corrected chi connectivity index (χ0v) is 10.1. The van der Waals surface area contributed by atoms with Crippen LogP contribution in [0.4, 0.5) is 8.78 Å². The van der Waals surface area contributed by atoms with Gasteiger partial charge in [0.2, 0.25) is 6.43 Å². The first-order chi connectivity index (χ1) is 8.66. The Morgan fingerprint density at radius 3 is 2.61 bits per heavy atom. The second-order valence-corrected chi connectivity index (χ2v) is 4.52. The Morgan fingerprint density at radius 2 is 2.00 bits per heavy atom. The van der Waals surface area contributed by atoms with E-state index in [0.717, 1.165) is 31.7 Å². The molecule has 1 fully saturated rings. The minimum atomic E-state index is -2.34. The maximum atomic E-state index is 12.7. The van der Waals surface area contributed by atoms with E-state index in [1.165, 1.54) is 0 Å². The van der Waals surface area contributed by atoms with E-state index in [2.05, 4.69) is 10.2 Å². The molecule has 0 bridgehead atoms. The molecule has 0 unspecified atom stereocenters. The minimum Gasteiger partial charge on any atom is -0.508 e. The lowest BCUT2D eigenvalue weighted by molar-refractivity contribution is 0.0738. The Balaban J connectivity index is 2.18. The molecule has 0 amide bonds. The molecule has 1 aliphatic rings. The maximum Gasteiger partial charge on any atom is 0.240 e. The number of nitrogens with zero attached hydrogens (tertiary/aromatic N) is 1. The van der Waals surface area contributed by atoms with Crippen LogP contribution >= 0.6 is 0 Å². The van der Waals surface area contributed by atoms with Gasteiger partial charge in [0.15, 0.2) is 0 Å². The molecule has 3 nitrogen and oxygen atoms in total. The van der Waals surface area contributed by atoms with Crippen LogP contribution in [0.25, 0.3) is 0 Å². The van der Waals surface area contributed by atoms with Crippen LogP contribution in [-0.4, -0.2) is 42.6 Å². The number of rotatable bonds is 4. The van der Waals surface area contributed by atoms with Gasteiger partial charge in [0.25, 0.3) is 0 Å². The Hall–Kier alpha value is -1.20. The maximum absolute atomic E-state index is 12.7. The van der Waals surface area contributed by atoms with E-state index in [0.29, 0.717) is 0 Å². The van der Waals surface area contributed by atoms with Crippen LogP contribution in [0, 0.1) is 0 Å². The van der Waals surface area contributed by atoms with Crippen LogP contribution in [0.2, 0.25) is 0 Å². The van der Waals surface area contributed by atoms with Crippen molar-refractivity contribution in [3.63, 3.8) is 0 Å². The Labute approximate surface area is 105 Å². The van der Waals surface area contributed by atoms with Crippen molar-refractivity contribution in [2.45, 2.75) is 18.9 Å². The van der Waals surface area contributed by atoms with Gasteiger partial charge in [-0.3, -0.25) is 4.90 Å². The number of hydrogen-bond donors (Lipinski definition) is 2. The molecule has 1 saturated heterocycles. The Bertz CT molecular complexity index is 381. The summed E-state index contributed by atoms with van der Waals surface area (Å²) >= 11 is 0. The Kier molecular flexibility index (Phi) is 4.49. The van der Waals surface area contributed by atoms with Crippen LogP contribution in [0.5, 0.6) is 5.75 Å². The Morgan fingerprint density at radius 1 is 1.28 bits per heavy atom. The zero-order chi connectivity index (χ0) is 13.0. The van der Waals surface area contributed by atoms with Crippen molar-refractivity contribution in [1.29, 1.82) is 0 Å². The molecule has 0 aromatic heterocycles. The predicted molar refractivity (Wildman–Crippen MR) is 65.9 cm³/mol. The second-order valence-electron chi connectivity index (χ2n) is 4.52. The van der Waals surface area contributed by atoms with E-state index >= 15 is 0 Å². The first kappa shape index (κ1) is 13.2. The average molecular weight is 256 g/mol. The molecule has 0 spiro atoms. The van der Waals surface area contributed by atoms with Gasteiger partial charge in [0.05, 0.1) is 0 Å². The molecule has 1 aromatic carbocycles. The van der Waals surface area contributed by atoms with E-state index < -0.39 is 6.43 Å². The van der Waals surface area contributed by atoms with Crippen molar-refractivity contribution in [3.8, 4) is 5.75 Å².